The number of rotatable bonds is 8. The van der Waals surface area contributed by atoms with Crippen LogP contribution in [0.5, 0.6) is 0 Å². The van der Waals surface area contributed by atoms with Crippen LogP contribution in [0.15, 0.2) is 59.5 Å². The van der Waals surface area contributed by atoms with Crippen LogP contribution in [0.1, 0.15) is 10.4 Å². The van der Waals surface area contributed by atoms with Crippen LogP contribution >= 0.6 is 0 Å². The van der Waals surface area contributed by atoms with Crippen molar-refractivity contribution in [2.45, 2.75) is 4.90 Å². The van der Waals surface area contributed by atoms with E-state index in [-0.39, 0.29) is 18.0 Å². The Labute approximate surface area is 152 Å². The Morgan fingerprint density at radius 2 is 1.50 bits per heavy atom. The van der Waals surface area contributed by atoms with E-state index in [2.05, 4.69) is 14.8 Å². The molecule has 2 rings (SSSR count). The summed E-state index contributed by atoms with van der Waals surface area (Å²) in [4.78, 5) is 12.2. The molecular weight excluding hydrogens is 378 g/mol. The van der Waals surface area contributed by atoms with E-state index < -0.39 is 26.0 Å². The number of carbonyl (C=O) groups is 1. The Bertz CT molecular complexity index is 957. The van der Waals surface area contributed by atoms with E-state index in [1.165, 1.54) is 36.4 Å². The molecule has 0 aromatic heterocycles. The molecule has 0 bridgehead atoms. The van der Waals surface area contributed by atoms with E-state index in [1.807, 2.05) is 0 Å². The van der Waals surface area contributed by atoms with Crippen molar-refractivity contribution in [1.29, 1.82) is 0 Å². The number of anilines is 1. The molecular formula is C16H19N3O5S2. The van der Waals surface area contributed by atoms with Crippen LogP contribution in [-0.2, 0) is 20.0 Å². The van der Waals surface area contributed by atoms with Crippen molar-refractivity contribution in [2.24, 2.45) is 0 Å². The first-order chi connectivity index (χ1) is 12.2. The van der Waals surface area contributed by atoms with Crippen molar-refractivity contribution in [3.63, 3.8) is 0 Å². The lowest BCUT2D eigenvalue weighted by Crippen LogP contribution is -2.34. The summed E-state index contributed by atoms with van der Waals surface area (Å²) in [6.07, 6.45) is 1.03. The summed E-state index contributed by atoms with van der Waals surface area (Å²) >= 11 is 0. The topological polar surface area (TPSA) is 121 Å². The summed E-state index contributed by atoms with van der Waals surface area (Å²) in [5.41, 5.74) is 0.676. The van der Waals surface area contributed by atoms with Gasteiger partial charge in [-0.2, -0.15) is 0 Å². The van der Waals surface area contributed by atoms with Crippen LogP contribution in [0.25, 0.3) is 0 Å². The molecule has 0 radical (unpaired) electrons. The second-order valence-corrected chi connectivity index (χ2v) is 8.93. The zero-order valence-corrected chi connectivity index (χ0v) is 15.6. The molecule has 0 saturated heterocycles. The van der Waals surface area contributed by atoms with Gasteiger partial charge in [-0.1, -0.05) is 18.2 Å². The first-order valence-electron chi connectivity index (χ1n) is 7.58. The minimum Gasteiger partial charge on any atom is -0.351 e. The lowest BCUT2D eigenvalue weighted by Gasteiger charge is -2.09. The quantitative estimate of drug-likeness (QED) is 0.568. The minimum atomic E-state index is -3.61. The van der Waals surface area contributed by atoms with Gasteiger partial charge in [-0.15, -0.1) is 0 Å². The van der Waals surface area contributed by atoms with Crippen molar-refractivity contribution in [3.8, 4) is 0 Å². The van der Waals surface area contributed by atoms with Crippen LogP contribution < -0.4 is 14.8 Å². The van der Waals surface area contributed by atoms with Crippen molar-refractivity contribution in [3.05, 3.63) is 60.2 Å². The Hall–Kier alpha value is -2.43. The first-order valence-corrected chi connectivity index (χ1v) is 11.0. The van der Waals surface area contributed by atoms with Gasteiger partial charge in [0.1, 0.15) is 0 Å². The highest BCUT2D eigenvalue weighted by molar-refractivity contribution is 7.92. The molecule has 0 fully saturated rings. The molecule has 0 heterocycles. The standard InChI is InChI=1S/C16H19N3O5S2/c1-25(21,22)19-14-9-7-13(8-10-14)16(20)17-11-12-18-26(23,24)15-5-3-2-4-6-15/h2-10,18-19H,11-12H2,1H3,(H,17,20). The lowest BCUT2D eigenvalue weighted by molar-refractivity contribution is 0.0954. The normalized spacial score (nSPS) is 11.7. The molecule has 0 aliphatic rings. The van der Waals surface area contributed by atoms with Crippen molar-refractivity contribution >= 4 is 31.6 Å². The molecule has 10 heteroatoms. The largest absolute Gasteiger partial charge is 0.351 e. The predicted octanol–water partition coefficient (Wildman–Crippen LogP) is 0.766. The number of hydrogen-bond acceptors (Lipinski definition) is 5. The molecule has 0 aliphatic heterocycles. The molecule has 8 nitrogen and oxygen atoms in total. The third kappa shape index (κ3) is 6.14. The molecule has 140 valence electrons. The maximum absolute atomic E-state index is 12.0. The maximum Gasteiger partial charge on any atom is 0.251 e. The smallest absolute Gasteiger partial charge is 0.251 e. The van der Waals surface area contributed by atoms with Crippen molar-refractivity contribution < 1.29 is 21.6 Å². The summed E-state index contributed by atoms with van der Waals surface area (Å²) in [6, 6.07) is 13.8. The van der Waals surface area contributed by atoms with E-state index in [9.17, 15) is 21.6 Å². The summed E-state index contributed by atoms with van der Waals surface area (Å²) in [5, 5.41) is 2.59. The van der Waals surface area contributed by atoms with E-state index >= 15 is 0 Å². The van der Waals surface area contributed by atoms with Gasteiger partial charge in [-0.3, -0.25) is 9.52 Å². The Morgan fingerprint density at radius 3 is 2.08 bits per heavy atom. The van der Waals surface area contributed by atoms with Gasteiger partial charge in [-0.05, 0) is 36.4 Å². The van der Waals surface area contributed by atoms with Crippen LogP contribution in [0.4, 0.5) is 5.69 Å². The predicted molar refractivity (Wildman–Crippen MR) is 98.9 cm³/mol. The molecule has 26 heavy (non-hydrogen) atoms. The highest BCUT2D eigenvalue weighted by atomic mass is 32.2. The van der Waals surface area contributed by atoms with E-state index in [1.54, 1.807) is 18.2 Å². The van der Waals surface area contributed by atoms with Gasteiger partial charge >= 0.3 is 0 Å². The van der Waals surface area contributed by atoms with E-state index in [0.717, 1.165) is 6.26 Å². The Morgan fingerprint density at radius 1 is 0.885 bits per heavy atom. The fraction of sp³-hybridized carbons (Fsp3) is 0.188. The minimum absolute atomic E-state index is 0.0384. The number of nitrogens with one attached hydrogen (secondary N) is 3. The molecule has 2 aromatic carbocycles. The lowest BCUT2D eigenvalue weighted by atomic mass is 10.2. The molecule has 0 unspecified atom stereocenters. The van der Waals surface area contributed by atoms with Crippen LogP contribution in [-0.4, -0.2) is 42.1 Å². The zero-order chi connectivity index (χ0) is 19.2. The maximum atomic E-state index is 12.0. The number of sulfonamides is 2. The average Bonchev–Trinajstić information content (AvgIpc) is 2.58. The van der Waals surface area contributed by atoms with Gasteiger partial charge in [0, 0.05) is 24.3 Å². The molecule has 0 spiro atoms. The zero-order valence-electron chi connectivity index (χ0n) is 14.0. The summed E-state index contributed by atoms with van der Waals surface area (Å²) in [5.74, 6) is -0.394. The summed E-state index contributed by atoms with van der Waals surface area (Å²) in [7, 11) is -6.99. The molecule has 3 N–H and O–H groups in total. The fourth-order valence-corrected chi connectivity index (χ4v) is 3.67. The highest BCUT2D eigenvalue weighted by Crippen LogP contribution is 2.11. The summed E-state index contributed by atoms with van der Waals surface area (Å²) in [6.45, 7) is 0.144. The van der Waals surface area contributed by atoms with Crippen LogP contribution in [0.2, 0.25) is 0 Å². The van der Waals surface area contributed by atoms with Crippen LogP contribution in [0, 0.1) is 0 Å². The Balaban J connectivity index is 1.84. The number of hydrogen-bond donors (Lipinski definition) is 3. The third-order valence-corrected chi connectivity index (χ3v) is 5.29. The van der Waals surface area contributed by atoms with E-state index in [0.29, 0.717) is 11.3 Å². The molecule has 2 aromatic rings. The number of amides is 1. The van der Waals surface area contributed by atoms with Gasteiger partial charge < -0.3 is 5.32 Å². The highest BCUT2D eigenvalue weighted by Gasteiger charge is 2.12. The molecule has 1 amide bonds. The second-order valence-electron chi connectivity index (χ2n) is 5.42. The second kappa shape index (κ2) is 8.30. The third-order valence-electron chi connectivity index (χ3n) is 3.21. The SMILES string of the molecule is CS(=O)(=O)Nc1ccc(C(=O)NCCNS(=O)(=O)c2ccccc2)cc1. The van der Waals surface area contributed by atoms with Crippen LogP contribution in [0.3, 0.4) is 0 Å². The number of benzene rings is 2. The van der Waals surface area contributed by atoms with Gasteiger partial charge in [0.05, 0.1) is 11.2 Å². The van der Waals surface area contributed by atoms with E-state index in [4.69, 9.17) is 0 Å². The van der Waals surface area contributed by atoms with Gasteiger partial charge in [0.25, 0.3) is 5.91 Å². The van der Waals surface area contributed by atoms with Crippen molar-refractivity contribution in [1.82, 2.24) is 10.0 Å². The molecule has 0 saturated carbocycles. The van der Waals surface area contributed by atoms with Gasteiger partial charge in [-0.25, -0.2) is 21.6 Å². The average molecular weight is 397 g/mol. The molecule has 0 atom stereocenters. The molecule has 0 aliphatic carbocycles. The van der Waals surface area contributed by atoms with Gasteiger partial charge in [0.15, 0.2) is 0 Å². The fourth-order valence-electron chi connectivity index (χ4n) is 2.05. The Kier molecular flexibility index (Phi) is 6.35. The van der Waals surface area contributed by atoms with Crippen molar-refractivity contribution in [2.75, 3.05) is 24.1 Å². The van der Waals surface area contributed by atoms with Gasteiger partial charge in [0.2, 0.25) is 20.0 Å². The number of carbonyl (C=O) groups excluding carboxylic acids is 1. The summed E-state index contributed by atoms with van der Waals surface area (Å²) < 4.78 is 51.0. The first kappa shape index (κ1) is 19.9. The monoisotopic (exact) mass is 397 g/mol.